The van der Waals surface area contributed by atoms with Crippen molar-refractivity contribution in [3.05, 3.63) is 0 Å². The third kappa shape index (κ3) is 1.20. The van der Waals surface area contributed by atoms with Crippen LogP contribution < -0.4 is 0 Å². The van der Waals surface area contributed by atoms with E-state index >= 15 is 0 Å². The van der Waals surface area contributed by atoms with Crippen molar-refractivity contribution in [1.82, 2.24) is 0 Å². The van der Waals surface area contributed by atoms with Crippen LogP contribution >= 0.6 is 0 Å². The maximum Gasteiger partial charge on any atom is 0.305 e. The summed E-state index contributed by atoms with van der Waals surface area (Å²) in [7, 11) is 0. The molecule has 2 fully saturated rings. The highest BCUT2D eigenvalue weighted by atomic mass is 16.5. The van der Waals surface area contributed by atoms with Gasteiger partial charge in [0.05, 0.1) is 5.41 Å². The van der Waals surface area contributed by atoms with Crippen molar-refractivity contribution in [3.63, 3.8) is 0 Å². The maximum absolute atomic E-state index is 12.1. The van der Waals surface area contributed by atoms with Crippen molar-refractivity contribution < 1.29 is 14.3 Å². The Labute approximate surface area is 96.5 Å². The number of Topliss-reactive ketones (excluding diaryl/α,β-unsaturated/α-hetero) is 1. The van der Waals surface area contributed by atoms with Crippen LogP contribution in [0.2, 0.25) is 0 Å². The average molecular weight is 224 g/mol. The minimum atomic E-state index is -0.470. The van der Waals surface area contributed by atoms with Crippen LogP contribution in [-0.4, -0.2) is 17.9 Å². The van der Waals surface area contributed by atoms with Gasteiger partial charge in [0.2, 0.25) is 0 Å². The molecular formula is C13H20O3. The van der Waals surface area contributed by atoms with E-state index in [4.69, 9.17) is 4.74 Å². The average Bonchev–Trinajstić information content (AvgIpc) is 2.49. The first-order valence-corrected chi connectivity index (χ1v) is 6.06. The Balaban J connectivity index is 2.26. The zero-order valence-electron chi connectivity index (χ0n) is 10.5. The molecule has 0 heterocycles. The van der Waals surface area contributed by atoms with E-state index in [1.807, 2.05) is 6.92 Å². The van der Waals surface area contributed by atoms with Gasteiger partial charge in [0.15, 0.2) is 0 Å². The summed E-state index contributed by atoms with van der Waals surface area (Å²) in [4.78, 5) is 23.4. The molecule has 16 heavy (non-hydrogen) atoms. The van der Waals surface area contributed by atoms with Gasteiger partial charge in [-0.3, -0.25) is 9.59 Å². The smallest absolute Gasteiger partial charge is 0.305 e. The fourth-order valence-electron chi connectivity index (χ4n) is 3.35. The topological polar surface area (TPSA) is 43.4 Å². The first-order valence-electron chi connectivity index (χ1n) is 6.06. The third-order valence-corrected chi connectivity index (χ3v) is 5.08. The lowest BCUT2D eigenvalue weighted by molar-refractivity contribution is -0.160. The molecule has 0 amide bonds. The van der Waals surface area contributed by atoms with Gasteiger partial charge < -0.3 is 4.74 Å². The van der Waals surface area contributed by atoms with E-state index in [1.165, 1.54) is 0 Å². The largest absolute Gasteiger partial charge is 0.461 e. The second-order valence-corrected chi connectivity index (χ2v) is 5.82. The second-order valence-electron chi connectivity index (χ2n) is 5.82. The molecule has 2 aliphatic carbocycles. The van der Waals surface area contributed by atoms with E-state index < -0.39 is 5.41 Å². The summed E-state index contributed by atoms with van der Waals surface area (Å²) in [6.07, 6.45) is 1.68. The van der Waals surface area contributed by atoms with E-state index in [-0.39, 0.29) is 23.3 Å². The van der Waals surface area contributed by atoms with E-state index in [9.17, 15) is 9.59 Å². The van der Waals surface area contributed by atoms with Gasteiger partial charge >= 0.3 is 5.97 Å². The Morgan fingerprint density at radius 3 is 2.50 bits per heavy atom. The molecule has 3 heteroatoms. The molecule has 2 rings (SSSR count). The first kappa shape index (κ1) is 11.6. The normalized spacial score (nSPS) is 40.1. The van der Waals surface area contributed by atoms with Gasteiger partial charge in [-0.15, -0.1) is 0 Å². The number of fused-ring (bicyclic) bond motifs is 2. The molecule has 0 aromatic carbocycles. The highest BCUT2D eigenvalue weighted by Gasteiger charge is 2.67. The van der Waals surface area contributed by atoms with Crippen LogP contribution in [0.3, 0.4) is 0 Å². The van der Waals surface area contributed by atoms with Crippen molar-refractivity contribution in [2.75, 3.05) is 0 Å². The highest BCUT2D eigenvalue weighted by molar-refractivity contribution is 5.90. The number of ether oxygens (including phenoxy) is 1. The van der Waals surface area contributed by atoms with Gasteiger partial charge in [0.1, 0.15) is 11.9 Å². The number of ketones is 1. The molecule has 0 unspecified atom stereocenters. The Kier molecular flexibility index (Phi) is 2.41. The van der Waals surface area contributed by atoms with Gasteiger partial charge in [-0.25, -0.2) is 0 Å². The molecule has 0 spiro atoms. The summed E-state index contributed by atoms with van der Waals surface area (Å²) < 4.78 is 5.44. The molecular weight excluding hydrogens is 204 g/mol. The van der Waals surface area contributed by atoms with Crippen molar-refractivity contribution >= 4 is 11.8 Å². The molecule has 3 atom stereocenters. The molecule has 3 nitrogen and oxygen atoms in total. The Hall–Kier alpha value is -0.860. The number of rotatable bonds is 2. The molecule has 0 aromatic heterocycles. The summed E-state index contributed by atoms with van der Waals surface area (Å²) in [5.74, 6) is 0.449. The maximum atomic E-state index is 12.1. The van der Waals surface area contributed by atoms with E-state index in [0.717, 1.165) is 6.42 Å². The summed E-state index contributed by atoms with van der Waals surface area (Å²) in [6.45, 7) is 8.01. The van der Waals surface area contributed by atoms with Gasteiger partial charge in [-0.1, -0.05) is 20.8 Å². The van der Waals surface area contributed by atoms with Gasteiger partial charge in [-0.2, -0.15) is 0 Å². The van der Waals surface area contributed by atoms with E-state index in [0.29, 0.717) is 18.8 Å². The molecule has 90 valence electrons. The number of carbonyl (C=O) groups excluding carboxylic acids is 2. The zero-order valence-corrected chi connectivity index (χ0v) is 10.5. The summed E-state index contributed by atoms with van der Waals surface area (Å²) in [6, 6.07) is 0. The summed E-state index contributed by atoms with van der Waals surface area (Å²) in [5.41, 5.74) is -0.509. The fraction of sp³-hybridized carbons (Fsp3) is 0.846. The van der Waals surface area contributed by atoms with Crippen molar-refractivity contribution in [3.8, 4) is 0 Å². The molecule has 2 bridgehead atoms. The second kappa shape index (κ2) is 3.31. The molecule has 0 aromatic rings. The van der Waals surface area contributed by atoms with Crippen LogP contribution in [0.5, 0.6) is 0 Å². The van der Waals surface area contributed by atoms with Gasteiger partial charge in [0.25, 0.3) is 0 Å². The van der Waals surface area contributed by atoms with Crippen LogP contribution in [-0.2, 0) is 14.3 Å². The number of hydrogen-bond donors (Lipinski definition) is 0. The SMILES string of the molecule is CCC(=O)O[C@@H]1C[C@H]2CC(=O)[C@]1(C)C2(C)C. The number of carbonyl (C=O) groups is 2. The van der Waals surface area contributed by atoms with Crippen molar-refractivity contribution in [1.29, 1.82) is 0 Å². The zero-order chi connectivity index (χ0) is 12.1. The lowest BCUT2D eigenvalue weighted by Crippen LogP contribution is -2.43. The van der Waals surface area contributed by atoms with Gasteiger partial charge in [0, 0.05) is 12.8 Å². The van der Waals surface area contributed by atoms with Crippen LogP contribution in [0.1, 0.15) is 47.0 Å². The predicted octanol–water partition coefficient (Wildman–Crippen LogP) is 2.33. The molecule has 2 saturated carbocycles. The summed E-state index contributed by atoms with van der Waals surface area (Å²) >= 11 is 0. The highest BCUT2D eigenvalue weighted by Crippen LogP contribution is 2.64. The number of hydrogen-bond acceptors (Lipinski definition) is 3. The molecule has 0 radical (unpaired) electrons. The summed E-state index contributed by atoms with van der Waals surface area (Å²) in [5, 5.41) is 0. The minimum absolute atomic E-state index is 0.0389. The van der Waals surface area contributed by atoms with E-state index in [1.54, 1.807) is 6.92 Å². The Bertz CT molecular complexity index is 345. The van der Waals surface area contributed by atoms with Crippen LogP contribution in [0.25, 0.3) is 0 Å². The third-order valence-electron chi connectivity index (χ3n) is 5.08. The molecule has 0 aliphatic heterocycles. The standard InChI is InChI=1S/C13H20O3/c1-5-11(15)16-10-7-8-6-9(14)13(10,4)12(8,2)3/h8,10H,5-7H2,1-4H3/t8-,10-,13+/m1/s1. The van der Waals surface area contributed by atoms with Crippen LogP contribution in [0.15, 0.2) is 0 Å². The monoisotopic (exact) mass is 224 g/mol. The Morgan fingerprint density at radius 1 is 1.44 bits per heavy atom. The minimum Gasteiger partial charge on any atom is -0.461 e. The van der Waals surface area contributed by atoms with E-state index in [2.05, 4.69) is 13.8 Å². The molecule has 0 saturated heterocycles. The first-order chi connectivity index (χ1) is 7.34. The van der Waals surface area contributed by atoms with Crippen molar-refractivity contribution in [2.45, 2.75) is 53.1 Å². The quantitative estimate of drug-likeness (QED) is 0.676. The Morgan fingerprint density at radius 2 is 2.06 bits per heavy atom. The lowest BCUT2D eigenvalue weighted by atomic mass is 9.69. The molecule has 2 aliphatic rings. The predicted molar refractivity (Wildman–Crippen MR) is 59.8 cm³/mol. The van der Waals surface area contributed by atoms with Crippen LogP contribution in [0.4, 0.5) is 0 Å². The fourth-order valence-corrected chi connectivity index (χ4v) is 3.35. The van der Waals surface area contributed by atoms with Crippen LogP contribution in [0, 0.1) is 16.7 Å². The lowest BCUT2D eigenvalue weighted by Gasteiger charge is -2.36. The number of esters is 1. The van der Waals surface area contributed by atoms with Crippen molar-refractivity contribution in [2.24, 2.45) is 16.7 Å². The molecule has 0 N–H and O–H groups in total. The van der Waals surface area contributed by atoms with Gasteiger partial charge in [-0.05, 0) is 24.7 Å².